The van der Waals surface area contributed by atoms with Gasteiger partial charge in [0.2, 0.25) is 5.91 Å². The molecule has 1 aromatic carbocycles. The summed E-state index contributed by atoms with van der Waals surface area (Å²) in [5, 5.41) is 14.0. The van der Waals surface area contributed by atoms with Crippen molar-refractivity contribution in [2.24, 2.45) is 0 Å². The number of alkyl halides is 1. The summed E-state index contributed by atoms with van der Waals surface area (Å²) in [5.41, 5.74) is 1.49. The predicted molar refractivity (Wildman–Crippen MR) is 91.6 cm³/mol. The topological polar surface area (TPSA) is 100 Å². The number of ether oxygens (including phenoxy) is 2. The van der Waals surface area contributed by atoms with Gasteiger partial charge in [0.15, 0.2) is 0 Å². The summed E-state index contributed by atoms with van der Waals surface area (Å²) in [7, 11) is 1.46. The van der Waals surface area contributed by atoms with Crippen LogP contribution in [0.25, 0.3) is 0 Å². The van der Waals surface area contributed by atoms with E-state index in [1.54, 1.807) is 12.1 Å². The van der Waals surface area contributed by atoms with Crippen LogP contribution in [-0.2, 0) is 9.53 Å². The van der Waals surface area contributed by atoms with E-state index in [4.69, 9.17) is 26.2 Å². The number of anilines is 3. The average molecular weight is 358 g/mol. The third-order valence-electron chi connectivity index (χ3n) is 3.51. The third-order valence-corrected chi connectivity index (χ3v) is 3.70. The van der Waals surface area contributed by atoms with Gasteiger partial charge in [0.25, 0.3) is 0 Å². The smallest absolute Gasteiger partial charge is 0.409 e. The number of nitrogens with zero attached hydrogens (tertiary/aromatic N) is 1. The van der Waals surface area contributed by atoms with E-state index in [0.717, 1.165) is 5.69 Å². The van der Waals surface area contributed by atoms with E-state index in [2.05, 4.69) is 10.6 Å². The fourth-order valence-electron chi connectivity index (χ4n) is 2.42. The van der Waals surface area contributed by atoms with Crippen LogP contribution in [0.15, 0.2) is 12.1 Å². The Kier molecular flexibility index (Phi) is 6.51. The van der Waals surface area contributed by atoms with Crippen molar-refractivity contribution >= 4 is 40.7 Å². The Morgan fingerprint density at radius 1 is 1.29 bits per heavy atom. The maximum atomic E-state index is 11.9. The highest BCUT2D eigenvalue weighted by molar-refractivity contribution is 6.19. The zero-order valence-corrected chi connectivity index (χ0v) is 14.1. The van der Waals surface area contributed by atoms with Crippen molar-refractivity contribution in [2.75, 3.05) is 54.8 Å². The van der Waals surface area contributed by atoms with Crippen molar-refractivity contribution in [1.29, 1.82) is 0 Å². The molecular formula is C15H20ClN3O5. The van der Waals surface area contributed by atoms with Gasteiger partial charge in [-0.25, -0.2) is 4.79 Å². The number of morpholine rings is 1. The predicted octanol–water partition coefficient (Wildman–Crippen LogP) is 2.19. The van der Waals surface area contributed by atoms with Gasteiger partial charge in [-0.2, -0.15) is 0 Å². The molecule has 0 aromatic heterocycles. The Balaban J connectivity index is 2.40. The minimum atomic E-state index is -1.22. The highest BCUT2D eigenvalue weighted by Crippen LogP contribution is 2.37. The van der Waals surface area contributed by atoms with Crippen LogP contribution < -0.4 is 20.3 Å². The van der Waals surface area contributed by atoms with Gasteiger partial charge in [0.1, 0.15) is 5.75 Å². The SMILES string of the molecule is COc1cc(N2CCOCC2)c(NC(=O)CCCl)cc1NC(=O)O. The molecule has 132 valence electrons. The van der Waals surface area contributed by atoms with Gasteiger partial charge in [-0.3, -0.25) is 10.1 Å². The molecule has 0 atom stereocenters. The average Bonchev–Trinajstić information content (AvgIpc) is 2.55. The second-order valence-corrected chi connectivity index (χ2v) is 5.46. The third kappa shape index (κ3) is 4.65. The molecule has 2 rings (SSSR count). The van der Waals surface area contributed by atoms with Crippen LogP contribution in [0.4, 0.5) is 21.9 Å². The Labute approximate surface area is 144 Å². The largest absolute Gasteiger partial charge is 0.494 e. The highest BCUT2D eigenvalue weighted by Gasteiger charge is 2.20. The van der Waals surface area contributed by atoms with Gasteiger partial charge >= 0.3 is 6.09 Å². The number of hydrogen-bond donors (Lipinski definition) is 3. The molecule has 8 nitrogen and oxygen atoms in total. The van der Waals surface area contributed by atoms with E-state index in [1.807, 2.05) is 4.90 Å². The van der Waals surface area contributed by atoms with Gasteiger partial charge in [-0.15, -0.1) is 11.6 Å². The molecule has 9 heteroatoms. The van der Waals surface area contributed by atoms with Gasteiger partial charge in [0, 0.05) is 31.5 Å². The van der Waals surface area contributed by atoms with Crippen molar-refractivity contribution in [3.8, 4) is 5.75 Å². The molecule has 0 aliphatic carbocycles. The molecule has 0 unspecified atom stereocenters. The van der Waals surface area contributed by atoms with Gasteiger partial charge in [0.05, 0.1) is 37.4 Å². The number of amides is 2. The molecule has 2 amide bonds. The molecule has 1 heterocycles. The first-order valence-corrected chi connectivity index (χ1v) is 7.99. The normalized spacial score (nSPS) is 14.2. The Morgan fingerprint density at radius 2 is 2.00 bits per heavy atom. The molecular weight excluding hydrogens is 338 g/mol. The first-order valence-electron chi connectivity index (χ1n) is 7.45. The van der Waals surface area contributed by atoms with Crippen LogP contribution in [0.2, 0.25) is 0 Å². The maximum absolute atomic E-state index is 11.9. The van der Waals surface area contributed by atoms with E-state index >= 15 is 0 Å². The van der Waals surface area contributed by atoms with E-state index in [-0.39, 0.29) is 23.9 Å². The van der Waals surface area contributed by atoms with Crippen molar-refractivity contribution in [3.63, 3.8) is 0 Å². The second-order valence-electron chi connectivity index (χ2n) is 5.09. The zero-order chi connectivity index (χ0) is 17.5. The number of methoxy groups -OCH3 is 1. The number of carbonyl (C=O) groups excluding carboxylic acids is 1. The first-order chi connectivity index (χ1) is 11.5. The van der Waals surface area contributed by atoms with Gasteiger partial charge in [-0.1, -0.05) is 0 Å². The number of nitrogens with one attached hydrogen (secondary N) is 2. The molecule has 0 radical (unpaired) electrons. The maximum Gasteiger partial charge on any atom is 0.409 e. The number of hydrogen-bond acceptors (Lipinski definition) is 5. The molecule has 1 aliphatic heterocycles. The Bertz CT molecular complexity index is 605. The van der Waals surface area contributed by atoms with Crippen LogP contribution >= 0.6 is 11.6 Å². The molecule has 1 saturated heterocycles. The van der Waals surface area contributed by atoms with E-state index in [1.165, 1.54) is 7.11 Å². The van der Waals surface area contributed by atoms with Crippen molar-refractivity contribution in [1.82, 2.24) is 0 Å². The summed E-state index contributed by atoms with van der Waals surface area (Å²) in [5.74, 6) is 0.329. The number of rotatable bonds is 6. The molecule has 1 aliphatic rings. The molecule has 0 spiro atoms. The molecule has 0 saturated carbocycles. The monoisotopic (exact) mass is 357 g/mol. The van der Waals surface area contributed by atoms with Crippen LogP contribution in [0.1, 0.15) is 6.42 Å². The Hall–Kier alpha value is -2.19. The lowest BCUT2D eigenvalue weighted by Crippen LogP contribution is -2.36. The minimum Gasteiger partial charge on any atom is -0.494 e. The van der Waals surface area contributed by atoms with Crippen molar-refractivity contribution in [3.05, 3.63) is 12.1 Å². The molecule has 1 fully saturated rings. The standard InChI is InChI=1S/C15H20ClN3O5/c1-23-13-9-12(19-4-6-24-7-5-19)10(17-14(20)2-3-16)8-11(13)18-15(21)22/h8-9,18H,2-7H2,1H3,(H,17,20)(H,21,22). The lowest BCUT2D eigenvalue weighted by Gasteiger charge is -2.31. The second kappa shape index (κ2) is 8.60. The summed E-state index contributed by atoms with van der Waals surface area (Å²) < 4.78 is 10.6. The lowest BCUT2D eigenvalue weighted by atomic mass is 10.1. The number of carboxylic acid groups (broad SMARTS) is 1. The number of halogens is 1. The molecule has 24 heavy (non-hydrogen) atoms. The fraction of sp³-hybridized carbons (Fsp3) is 0.467. The fourth-order valence-corrected chi connectivity index (χ4v) is 2.59. The minimum absolute atomic E-state index is 0.165. The molecule has 0 bridgehead atoms. The first kappa shape index (κ1) is 18.2. The molecule has 1 aromatic rings. The summed E-state index contributed by atoms with van der Waals surface area (Å²) in [6, 6.07) is 3.25. The summed E-state index contributed by atoms with van der Waals surface area (Å²) in [4.78, 5) is 24.9. The van der Waals surface area contributed by atoms with Gasteiger partial charge in [-0.05, 0) is 6.07 Å². The zero-order valence-electron chi connectivity index (χ0n) is 13.3. The molecule has 3 N–H and O–H groups in total. The van der Waals surface area contributed by atoms with E-state index < -0.39 is 6.09 Å². The van der Waals surface area contributed by atoms with E-state index in [9.17, 15) is 9.59 Å². The summed E-state index contributed by atoms with van der Waals surface area (Å²) >= 11 is 5.60. The van der Waals surface area contributed by atoms with E-state index in [0.29, 0.717) is 37.7 Å². The lowest BCUT2D eigenvalue weighted by molar-refractivity contribution is -0.115. The quantitative estimate of drug-likeness (QED) is 0.675. The van der Waals surface area contributed by atoms with Crippen LogP contribution in [0.5, 0.6) is 5.75 Å². The number of carbonyl (C=O) groups is 2. The van der Waals surface area contributed by atoms with Crippen molar-refractivity contribution < 1.29 is 24.2 Å². The van der Waals surface area contributed by atoms with Gasteiger partial charge < -0.3 is 24.8 Å². The Morgan fingerprint density at radius 3 is 2.58 bits per heavy atom. The van der Waals surface area contributed by atoms with Crippen LogP contribution in [0, 0.1) is 0 Å². The van der Waals surface area contributed by atoms with Crippen molar-refractivity contribution in [2.45, 2.75) is 6.42 Å². The highest BCUT2D eigenvalue weighted by atomic mass is 35.5. The number of benzene rings is 1. The van der Waals surface area contributed by atoms with Crippen LogP contribution in [-0.4, -0.2) is 56.4 Å². The summed E-state index contributed by atoms with van der Waals surface area (Å²) in [6.45, 7) is 2.47. The van der Waals surface area contributed by atoms with Crippen LogP contribution in [0.3, 0.4) is 0 Å². The summed E-state index contributed by atoms with van der Waals surface area (Å²) in [6.07, 6.45) is -1.05.